The van der Waals surface area contributed by atoms with Gasteiger partial charge in [-0.15, -0.1) is 0 Å². The fourth-order valence-electron chi connectivity index (χ4n) is 3.50. The third-order valence-corrected chi connectivity index (χ3v) is 7.13. The number of imidazole rings is 1. The Bertz CT molecular complexity index is 1170. The molecule has 2 aromatic heterocycles. The van der Waals surface area contributed by atoms with E-state index in [0.29, 0.717) is 6.42 Å². The monoisotopic (exact) mass is 444 g/mol. The van der Waals surface area contributed by atoms with E-state index in [9.17, 15) is 18.3 Å². The Morgan fingerprint density at radius 1 is 1.19 bits per heavy atom. The summed E-state index contributed by atoms with van der Waals surface area (Å²) in [5.41, 5.74) is 3.44. The highest BCUT2D eigenvalue weighted by molar-refractivity contribution is 7.89. The number of hydrogen-bond acceptors (Lipinski definition) is 5. The molecule has 0 aliphatic carbocycles. The molecule has 0 aliphatic heterocycles. The maximum Gasteiger partial charge on any atom is 0.322 e. The second-order valence-corrected chi connectivity index (χ2v) is 10.0. The minimum atomic E-state index is -3.93. The molecule has 0 unspecified atom stereocenters. The number of carboxylic acid groups (broad SMARTS) is 1. The lowest BCUT2D eigenvalue weighted by Crippen LogP contribution is -2.43. The molecule has 9 heteroatoms. The highest BCUT2D eigenvalue weighted by Gasteiger charge is 2.33. The van der Waals surface area contributed by atoms with Gasteiger partial charge in [0.15, 0.2) is 0 Å². The average molecular weight is 445 g/mol. The number of fused-ring (bicyclic) bond motifs is 1. The molecule has 31 heavy (non-hydrogen) atoms. The van der Waals surface area contributed by atoms with Gasteiger partial charge in [-0.2, -0.15) is 4.31 Å². The number of nitrogens with one attached hydrogen (secondary N) is 1. The molecule has 3 rings (SSSR count). The predicted octanol–water partition coefficient (Wildman–Crippen LogP) is 3.23. The Hall–Kier alpha value is -2.78. The van der Waals surface area contributed by atoms with Gasteiger partial charge in [0.05, 0.1) is 16.1 Å². The first-order chi connectivity index (χ1) is 14.6. The summed E-state index contributed by atoms with van der Waals surface area (Å²) in [4.78, 5) is 24.0. The highest BCUT2D eigenvalue weighted by Crippen LogP contribution is 2.23. The molecule has 1 atom stereocenters. The predicted molar refractivity (Wildman–Crippen MR) is 118 cm³/mol. The summed E-state index contributed by atoms with van der Waals surface area (Å²) < 4.78 is 26.9. The summed E-state index contributed by atoms with van der Waals surface area (Å²) in [5.74, 6) is -0.212. The van der Waals surface area contributed by atoms with Gasteiger partial charge in [0.25, 0.3) is 0 Å². The summed E-state index contributed by atoms with van der Waals surface area (Å²) in [6.45, 7) is 5.75. The zero-order chi connectivity index (χ0) is 22.8. The lowest BCUT2D eigenvalue weighted by atomic mass is 10.0. The number of aliphatic carboxylic acids is 1. The van der Waals surface area contributed by atoms with Gasteiger partial charge in [-0.05, 0) is 36.1 Å². The van der Waals surface area contributed by atoms with Crippen molar-refractivity contribution in [2.24, 2.45) is 5.92 Å². The van der Waals surface area contributed by atoms with Crippen molar-refractivity contribution in [3.63, 3.8) is 0 Å². The Labute approximate surface area is 182 Å². The molecule has 3 aromatic rings. The maximum atomic E-state index is 13.0. The van der Waals surface area contributed by atoms with Crippen LogP contribution in [-0.2, 0) is 27.7 Å². The molecule has 166 valence electrons. The van der Waals surface area contributed by atoms with Gasteiger partial charge in [0.1, 0.15) is 17.4 Å². The van der Waals surface area contributed by atoms with Gasteiger partial charge in [0, 0.05) is 26.1 Å². The van der Waals surface area contributed by atoms with Crippen molar-refractivity contribution in [3.05, 3.63) is 53.6 Å². The van der Waals surface area contributed by atoms with E-state index in [-0.39, 0.29) is 17.2 Å². The van der Waals surface area contributed by atoms with E-state index < -0.39 is 22.0 Å². The Kier molecular flexibility index (Phi) is 6.76. The average Bonchev–Trinajstić information content (AvgIpc) is 3.16. The van der Waals surface area contributed by atoms with Crippen LogP contribution < -0.4 is 0 Å². The quantitative estimate of drug-likeness (QED) is 0.523. The van der Waals surface area contributed by atoms with E-state index in [0.717, 1.165) is 38.8 Å². The van der Waals surface area contributed by atoms with Crippen LogP contribution in [0.2, 0.25) is 0 Å². The molecular formula is C22H28N4O4S. The Balaban J connectivity index is 1.84. The van der Waals surface area contributed by atoms with Crippen LogP contribution in [0.1, 0.15) is 44.3 Å². The van der Waals surface area contributed by atoms with Crippen molar-refractivity contribution in [1.82, 2.24) is 19.3 Å². The smallest absolute Gasteiger partial charge is 0.322 e. The van der Waals surface area contributed by atoms with Gasteiger partial charge in [-0.1, -0.05) is 32.9 Å². The first kappa shape index (κ1) is 22.9. The standard InChI is InChI=1S/C22H28N4O4S/c1-5-20-24-17-10-11-23-18(21(17)25-20)13-15-6-8-16(9-7-15)31(29,30)26(4)19(22(27)28)12-14(2)3/h6-11,14,19H,5,12-13H2,1-4H3,(H,24,25)(H,27,28)/t19-/m0/s1. The normalized spacial score (nSPS) is 13.2. The number of sulfonamides is 1. The zero-order valence-corrected chi connectivity index (χ0v) is 19.0. The lowest BCUT2D eigenvalue weighted by Gasteiger charge is -2.25. The molecule has 0 saturated carbocycles. The molecule has 1 aromatic carbocycles. The number of carbonyl (C=O) groups is 1. The minimum Gasteiger partial charge on any atom is -0.480 e. The van der Waals surface area contributed by atoms with Crippen LogP contribution in [-0.4, -0.2) is 51.8 Å². The largest absolute Gasteiger partial charge is 0.480 e. The van der Waals surface area contributed by atoms with E-state index in [1.54, 1.807) is 18.3 Å². The molecule has 0 saturated heterocycles. The van der Waals surface area contributed by atoms with Crippen molar-refractivity contribution in [3.8, 4) is 0 Å². The topological polar surface area (TPSA) is 116 Å². The number of aromatic amines is 1. The summed E-state index contributed by atoms with van der Waals surface area (Å²) in [5, 5.41) is 9.50. The number of carboxylic acids is 1. The second-order valence-electron chi connectivity index (χ2n) is 8.02. The maximum absolute atomic E-state index is 13.0. The molecule has 0 fully saturated rings. The first-order valence-electron chi connectivity index (χ1n) is 10.3. The number of rotatable bonds is 9. The van der Waals surface area contributed by atoms with Gasteiger partial charge >= 0.3 is 5.97 Å². The van der Waals surface area contributed by atoms with Gasteiger partial charge < -0.3 is 10.1 Å². The van der Waals surface area contributed by atoms with Crippen LogP contribution in [0.4, 0.5) is 0 Å². The number of aryl methyl sites for hydroxylation is 1. The fourth-order valence-corrected chi connectivity index (χ4v) is 4.82. The SMILES string of the molecule is CCc1nc2c(Cc3ccc(S(=O)(=O)N(C)[C@@H](CC(C)C)C(=O)O)cc3)nccc2[nH]1. The molecule has 0 amide bonds. The number of nitrogens with zero attached hydrogens (tertiary/aromatic N) is 3. The summed E-state index contributed by atoms with van der Waals surface area (Å²) >= 11 is 0. The van der Waals surface area contributed by atoms with E-state index in [4.69, 9.17) is 0 Å². The zero-order valence-electron chi connectivity index (χ0n) is 18.2. The van der Waals surface area contributed by atoms with Crippen molar-refractivity contribution in [2.45, 2.75) is 51.0 Å². The van der Waals surface area contributed by atoms with E-state index >= 15 is 0 Å². The van der Waals surface area contributed by atoms with E-state index in [2.05, 4.69) is 15.0 Å². The number of aromatic nitrogens is 3. The van der Waals surface area contributed by atoms with Gasteiger partial charge in [-0.3, -0.25) is 9.78 Å². The fraction of sp³-hybridized carbons (Fsp3) is 0.409. The second kappa shape index (κ2) is 9.15. The van der Waals surface area contributed by atoms with Crippen molar-refractivity contribution >= 4 is 27.0 Å². The van der Waals surface area contributed by atoms with Crippen molar-refractivity contribution in [2.75, 3.05) is 7.05 Å². The van der Waals surface area contributed by atoms with Gasteiger partial charge in [0.2, 0.25) is 10.0 Å². The number of pyridine rings is 1. The molecule has 2 heterocycles. The Morgan fingerprint density at radius 2 is 1.87 bits per heavy atom. The first-order valence-corrected chi connectivity index (χ1v) is 11.7. The number of hydrogen-bond donors (Lipinski definition) is 2. The molecule has 0 spiro atoms. The molecule has 8 nitrogen and oxygen atoms in total. The Morgan fingerprint density at radius 3 is 2.45 bits per heavy atom. The molecule has 0 aliphatic rings. The molecule has 0 bridgehead atoms. The van der Waals surface area contributed by atoms with Crippen molar-refractivity contribution in [1.29, 1.82) is 0 Å². The molecular weight excluding hydrogens is 416 g/mol. The number of H-pyrrole nitrogens is 1. The third kappa shape index (κ3) is 4.94. The minimum absolute atomic E-state index is 0.0478. The van der Waals surface area contributed by atoms with E-state index in [1.807, 2.05) is 26.8 Å². The van der Waals surface area contributed by atoms with Crippen molar-refractivity contribution < 1.29 is 18.3 Å². The third-order valence-electron chi connectivity index (χ3n) is 5.25. The molecule has 0 radical (unpaired) electrons. The van der Waals surface area contributed by atoms with Crippen LogP contribution >= 0.6 is 0 Å². The van der Waals surface area contributed by atoms with E-state index in [1.165, 1.54) is 19.2 Å². The van der Waals surface area contributed by atoms with Crippen LogP contribution in [0.15, 0.2) is 41.4 Å². The summed E-state index contributed by atoms with van der Waals surface area (Å²) in [7, 11) is -2.62. The van der Waals surface area contributed by atoms with Crippen LogP contribution in [0, 0.1) is 5.92 Å². The van der Waals surface area contributed by atoms with Crippen LogP contribution in [0.5, 0.6) is 0 Å². The number of likely N-dealkylation sites (N-methyl/N-ethyl adjacent to an activating group) is 1. The van der Waals surface area contributed by atoms with Crippen LogP contribution in [0.25, 0.3) is 11.0 Å². The lowest BCUT2D eigenvalue weighted by molar-refractivity contribution is -0.141. The van der Waals surface area contributed by atoms with Gasteiger partial charge in [-0.25, -0.2) is 13.4 Å². The summed E-state index contributed by atoms with van der Waals surface area (Å²) in [6, 6.07) is 7.25. The van der Waals surface area contributed by atoms with Crippen LogP contribution in [0.3, 0.4) is 0 Å². The highest BCUT2D eigenvalue weighted by atomic mass is 32.2. The molecule has 2 N–H and O–H groups in total. The summed E-state index contributed by atoms with van der Waals surface area (Å²) in [6.07, 6.45) is 3.26. The number of benzene rings is 1.